The summed E-state index contributed by atoms with van der Waals surface area (Å²) in [6.45, 7) is 6.92. The molecule has 7 heterocycles. The first-order chi connectivity index (χ1) is 23.9. The van der Waals surface area contributed by atoms with Gasteiger partial charge in [0, 0.05) is 68.9 Å². The van der Waals surface area contributed by atoms with Crippen molar-refractivity contribution in [1.29, 1.82) is 0 Å². The number of anilines is 4. The van der Waals surface area contributed by atoms with Gasteiger partial charge in [-0.3, -0.25) is 19.2 Å². The lowest BCUT2D eigenvalue weighted by molar-refractivity contribution is -0.117. The Balaban J connectivity index is 0.944. The molecule has 0 unspecified atom stereocenters. The molecule has 3 aliphatic heterocycles. The molecule has 1 saturated carbocycles. The summed E-state index contributed by atoms with van der Waals surface area (Å²) in [5, 5.41) is 16.2. The smallest absolute Gasteiger partial charge is 0.272 e. The zero-order valence-corrected chi connectivity index (χ0v) is 27.8. The summed E-state index contributed by atoms with van der Waals surface area (Å²) in [5.41, 5.74) is 8.69. The van der Waals surface area contributed by atoms with Gasteiger partial charge in [-0.1, -0.05) is 18.2 Å². The minimum atomic E-state index is 0.0176. The highest BCUT2D eigenvalue weighted by molar-refractivity contribution is 5.95. The molecule has 13 nitrogen and oxygen atoms in total. The van der Waals surface area contributed by atoms with E-state index in [1.165, 1.54) is 11.3 Å². The average Bonchev–Trinajstić information content (AvgIpc) is 3.42. The second kappa shape index (κ2) is 11.7. The maximum atomic E-state index is 12.9. The summed E-state index contributed by atoms with van der Waals surface area (Å²) in [7, 11) is 2.12. The number of fused-ring (bicyclic) bond motifs is 4. The van der Waals surface area contributed by atoms with Crippen LogP contribution in [0.25, 0.3) is 16.8 Å². The fraction of sp³-hybridized carbons (Fsp3) is 0.389. The average molecular weight is 658 g/mol. The van der Waals surface area contributed by atoms with Gasteiger partial charge in [0.05, 0.1) is 47.2 Å². The molecule has 2 saturated heterocycles. The first-order valence-electron chi connectivity index (χ1n) is 17.2. The van der Waals surface area contributed by atoms with Crippen LogP contribution in [0.3, 0.4) is 0 Å². The van der Waals surface area contributed by atoms with Crippen LogP contribution in [0.4, 0.5) is 23.0 Å². The Kier molecular flexibility index (Phi) is 7.11. The minimum absolute atomic E-state index is 0.0176. The maximum Gasteiger partial charge on any atom is 0.272 e. The standard InChI is InChI=1S/C36H39N11O2/c1-22-33-26-8-6-9-27(39-32-17-30(41-35(48)23-11-12-23)40-31-13-14-37-47(31)32)34(26)43(2)21-29(33)46(42-22)25-19-44(20-25)18-24-7-5-10-28(38-24)36(49)45-15-3-4-16-45/h5-10,13-14,17,23,25,39H,3-4,11-12,15-16,18-21H2,1-2H3,(H,40,41,48). The van der Waals surface area contributed by atoms with E-state index in [2.05, 4.69) is 67.4 Å². The van der Waals surface area contributed by atoms with E-state index in [1.54, 1.807) is 10.7 Å². The van der Waals surface area contributed by atoms with Gasteiger partial charge in [-0.25, -0.2) is 9.97 Å². The van der Waals surface area contributed by atoms with Gasteiger partial charge in [-0.2, -0.15) is 14.7 Å². The highest BCUT2D eigenvalue weighted by Crippen LogP contribution is 2.46. The molecule has 0 radical (unpaired) electrons. The van der Waals surface area contributed by atoms with Gasteiger partial charge in [-0.15, -0.1) is 0 Å². The van der Waals surface area contributed by atoms with Crippen LogP contribution in [0.15, 0.2) is 54.7 Å². The van der Waals surface area contributed by atoms with Crippen LogP contribution in [-0.4, -0.2) is 84.2 Å². The summed E-state index contributed by atoms with van der Waals surface area (Å²) < 4.78 is 3.98. The third kappa shape index (κ3) is 5.38. The number of carbonyl (C=O) groups is 2. The fourth-order valence-corrected chi connectivity index (χ4v) is 7.56. The molecule has 0 atom stereocenters. The largest absolute Gasteiger partial charge is 0.366 e. The summed E-state index contributed by atoms with van der Waals surface area (Å²) in [6, 6.07) is 16.0. The Labute approximate surface area is 283 Å². The lowest BCUT2D eigenvalue weighted by Crippen LogP contribution is -2.48. The number of para-hydroxylation sites is 1. The number of nitrogens with zero attached hydrogens (tertiary/aromatic N) is 9. The lowest BCUT2D eigenvalue weighted by Gasteiger charge is -2.40. The number of aromatic nitrogens is 6. The Morgan fingerprint density at radius 3 is 2.63 bits per heavy atom. The van der Waals surface area contributed by atoms with E-state index >= 15 is 0 Å². The lowest BCUT2D eigenvalue weighted by atomic mass is 9.95. The number of aryl methyl sites for hydroxylation is 1. The Hall–Kier alpha value is -5.30. The van der Waals surface area contributed by atoms with E-state index in [4.69, 9.17) is 10.1 Å². The molecule has 2 amide bonds. The van der Waals surface area contributed by atoms with Crippen LogP contribution in [0.2, 0.25) is 0 Å². The molecule has 4 aromatic heterocycles. The van der Waals surface area contributed by atoms with E-state index in [9.17, 15) is 9.59 Å². The number of benzene rings is 1. The van der Waals surface area contributed by atoms with Gasteiger partial charge >= 0.3 is 0 Å². The van der Waals surface area contributed by atoms with E-state index < -0.39 is 0 Å². The number of nitrogens with one attached hydrogen (secondary N) is 2. The second-order valence-electron chi connectivity index (χ2n) is 13.8. The molecule has 2 N–H and O–H groups in total. The van der Waals surface area contributed by atoms with E-state index in [0.29, 0.717) is 23.7 Å². The number of pyridine rings is 1. The predicted molar refractivity (Wildman–Crippen MR) is 186 cm³/mol. The maximum absolute atomic E-state index is 12.9. The molecule has 0 spiro atoms. The van der Waals surface area contributed by atoms with Crippen molar-refractivity contribution in [2.75, 3.05) is 48.8 Å². The third-order valence-corrected chi connectivity index (χ3v) is 10.2. The number of amides is 2. The van der Waals surface area contributed by atoms with Gasteiger partial charge in [-0.05, 0) is 50.8 Å². The molecule has 0 bridgehead atoms. The highest BCUT2D eigenvalue weighted by Gasteiger charge is 2.36. The first kappa shape index (κ1) is 29.8. The monoisotopic (exact) mass is 657 g/mol. The van der Waals surface area contributed by atoms with Crippen LogP contribution in [0.5, 0.6) is 0 Å². The molecular weight excluding hydrogens is 618 g/mol. The molecule has 5 aromatic rings. The van der Waals surface area contributed by atoms with E-state index in [1.807, 2.05) is 35.2 Å². The summed E-state index contributed by atoms with van der Waals surface area (Å²) in [6.07, 6.45) is 5.71. The first-order valence-corrected chi connectivity index (χ1v) is 17.2. The predicted octanol–water partition coefficient (Wildman–Crippen LogP) is 4.63. The second-order valence-corrected chi connectivity index (χ2v) is 13.8. The van der Waals surface area contributed by atoms with Crippen molar-refractivity contribution in [3.05, 3.63) is 77.5 Å². The molecule has 250 valence electrons. The normalized spacial score (nSPS) is 17.6. The van der Waals surface area contributed by atoms with Crippen LogP contribution in [0.1, 0.15) is 59.3 Å². The van der Waals surface area contributed by atoms with Crippen molar-refractivity contribution in [3.63, 3.8) is 0 Å². The van der Waals surface area contributed by atoms with Crippen molar-refractivity contribution in [1.82, 2.24) is 39.2 Å². The zero-order chi connectivity index (χ0) is 33.2. The van der Waals surface area contributed by atoms with Crippen LogP contribution < -0.4 is 15.5 Å². The number of hydrogen-bond donors (Lipinski definition) is 2. The minimum Gasteiger partial charge on any atom is -0.366 e. The molecule has 1 aromatic carbocycles. The van der Waals surface area contributed by atoms with Gasteiger partial charge in [0.25, 0.3) is 5.91 Å². The molecule has 1 aliphatic carbocycles. The zero-order valence-electron chi connectivity index (χ0n) is 27.8. The van der Waals surface area contributed by atoms with Crippen molar-refractivity contribution in [2.24, 2.45) is 5.92 Å². The van der Waals surface area contributed by atoms with Gasteiger partial charge < -0.3 is 20.4 Å². The van der Waals surface area contributed by atoms with Gasteiger partial charge in [0.1, 0.15) is 17.3 Å². The Bertz CT molecular complexity index is 2100. The van der Waals surface area contributed by atoms with E-state index in [0.717, 1.165) is 92.6 Å². The molecular formula is C36H39N11O2. The molecule has 49 heavy (non-hydrogen) atoms. The number of carbonyl (C=O) groups excluding carboxylic acids is 2. The van der Waals surface area contributed by atoms with Gasteiger partial charge in [0.2, 0.25) is 5.91 Å². The van der Waals surface area contributed by atoms with Crippen LogP contribution in [0, 0.1) is 12.8 Å². The topological polar surface area (TPSA) is 129 Å². The molecule has 4 aliphatic rings. The van der Waals surface area contributed by atoms with Crippen molar-refractivity contribution in [3.8, 4) is 11.1 Å². The number of rotatable bonds is 8. The molecule has 3 fully saturated rings. The molecule has 13 heteroatoms. The number of hydrogen-bond acceptors (Lipinski definition) is 9. The van der Waals surface area contributed by atoms with E-state index in [-0.39, 0.29) is 23.8 Å². The van der Waals surface area contributed by atoms with Crippen molar-refractivity contribution >= 4 is 40.5 Å². The molecule has 9 rings (SSSR count). The summed E-state index contributed by atoms with van der Waals surface area (Å²) in [4.78, 5) is 41.3. The van der Waals surface area contributed by atoms with Crippen molar-refractivity contribution < 1.29 is 9.59 Å². The van der Waals surface area contributed by atoms with Crippen LogP contribution >= 0.6 is 0 Å². The third-order valence-electron chi connectivity index (χ3n) is 10.2. The Morgan fingerprint density at radius 2 is 1.82 bits per heavy atom. The van der Waals surface area contributed by atoms with Gasteiger partial charge in [0.15, 0.2) is 5.65 Å². The SMILES string of the molecule is Cc1nn(C2CN(Cc3cccc(C(=O)N4CCCC4)n3)C2)c2c1-c1cccc(Nc3cc(NC(=O)C4CC4)nc4ccnn34)c1N(C)C2. The van der Waals surface area contributed by atoms with Crippen molar-refractivity contribution in [2.45, 2.75) is 51.7 Å². The highest BCUT2D eigenvalue weighted by atomic mass is 16.2. The van der Waals surface area contributed by atoms with Crippen LogP contribution in [-0.2, 0) is 17.9 Å². The number of likely N-dealkylation sites (tertiary alicyclic amines) is 2. The Morgan fingerprint density at radius 1 is 1.00 bits per heavy atom. The fourth-order valence-electron chi connectivity index (χ4n) is 7.56. The quantitative estimate of drug-likeness (QED) is 0.246. The summed E-state index contributed by atoms with van der Waals surface area (Å²) >= 11 is 0. The summed E-state index contributed by atoms with van der Waals surface area (Å²) in [5.74, 6) is 1.37.